The summed E-state index contributed by atoms with van der Waals surface area (Å²) in [6.07, 6.45) is 3.98. The summed E-state index contributed by atoms with van der Waals surface area (Å²) in [5.41, 5.74) is 3.42. The quantitative estimate of drug-likeness (QED) is 0.626. The molecule has 0 aliphatic carbocycles. The van der Waals surface area contributed by atoms with Crippen molar-refractivity contribution < 1.29 is 0 Å². The molecule has 1 heterocycles. The first-order valence-electron chi connectivity index (χ1n) is 3.49. The number of nitrogens with zero attached hydrogens (tertiary/aromatic N) is 1. The van der Waals surface area contributed by atoms with Crippen molar-refractivity contribution in [3.63, 3.8) is 0 Å². The van der Waals surface area contributed by atoms with Gasteiger partial charge < -0.3 is 5.43 Å². The first kappa shape index (κ1) is 7.19. The van der Waals surface area contributed by atoms with Crippen LogP contribution in [-0.2, 0) is 0 Å². The Morgan fingerprint density at radius 3 is 2.00 bits per heavy atom. The molecule has 0 fully saturated rings. The molecule has 2 heteroatoms. The Morgan fingerprint density at radius 1 is 1.10 bits per heavy atom. The van der Waals surface area contributed by atoms with Gasteiger partial charge in [0.15, 0.2) is 0 Å². The summed E-state index contributed by atoms with van der Waals surface area (Å²) in [4.78, 5) is 0. The van der Waals surface area contributed by atoms with Gasteiger partial charge >= 0.3 is 0 Å². The normalized spacial score (nSPS) is 11.5. The number of aromatic nitrogens is 1. The van der Waals surface area contributed by atoms with E-state index in [0.29, 0.717) is 0 Å². The number of hydrogen-bond donors (Lipinski definition) is 1. The molecule has 1 rings (SSSR count). The molecular weight excluding hydrogens is 124 g/mol. The lowest BCUT2D eigenvalue weighted by Gasteiger charge is -2.22. The maximum absolute atomic E-state index is 3.28. The monoisotopic (exact) mass is 138 g/mol. The fraction of sp³-hybridized carbons (Fsp3) is 0.500. The van der Waals surface area contributed by atoms with E-state index in [2.05, 4.69) is 26.2 Å². The van der Waals surface area contributed by atoms with Crippen LogP contribution in [0, 0.1) is 0 Å². The van der Waals surface area contributed by atoms with Crippen LogP contribution in [0.2, 0.25) is 0 Å². The summed E-state index contributed by atoms with van der Waals surface area (Å²) >= 11 is 0. The molecule has 0 aliphatic rings. The van der Waals surface area contributed by atoms with E-state index in [0.717, 1.165) is 0 Å². The molecular formula is C8H14N2. The molecule has 56 valence electrons. The van der Waals surface area contributed by atoms with Crippen LogP contribution in [0.4, 0.5) is 0 Å². The van der Waals surface area contributed by atoms with Gasteiger partial charge in [-0.05, 0) is 32.9 Å². The largest absolute Gasteiger partial charge is 0.321 e. The van der Waals surface area contributed by atoms with Gasteiger partial charge in [0.05, 0.1) is 0 Å². The van der Waals surface area contributed by atoms with E-state index < -0.39 is 0 Å². The summed E-state index contributed by atoms with van der Waals surface area (Å²) in [6, 6.07) is 4.00. The summed E-state index contributed by atoms with van der Waals surface area (Å²) < 4.78 is 1.96. The Kier molecular flexibility index (Phi) is 1.70. The third-order valence-corrected chi connectivity index (χ3v) is 1.07. The molecule has 0 radical (unpaired) electrons. The van der Waals surface area contributed by atoms with E-state index in [1.165, 1.54) is 0 Å². The van der Waals surface area contributed by atoms with Gasteiger partial charge in [-0.25, -0.2) is 0 Å². The van der Waals surface area contributed by atoms with Gasteiger partial charge in [-0.3, -0.25) is 4.68 Å². The fourth-order valence-electron chi connectivity index (χ4n) is 0.796. The predicted molar refractivity (Wildman–Crippen MR) is 43.5 cm³/mol. The first-order valence-corrected chi connectivity index (χ1v) is 3.49. The molecule has 1 N–H and O–H groups in total. The third kappa shape index (κ3) is 2.13. The lowest BCUT2D eigenvalue weighted by Crippen LogP contribution is -2.33. The van der Waals surface area contributed by atoms with Gasteiger partial charge in [0.1, 0.15) is 0 Å². The second-order valence-corrected chi connectivity index (χ2v) is 3.45. The van der Waals surface area contributed by atoms with Crippen molar-refractivity contribution >= 4 is 0 Å². The van der Waals surface area contributed by atoms with Crippen LogP contribution in [0.15, 0.2) is 24.5 Å². The maximum atomic E-state index is 3.28. The average Bonchev–Trinajstić information content (AvgIpc) is 2.12. The van der Waals surface area contributed by atoms with Crippen LogP contribution in [-0.4, -0.2) is 10.2 Å². The lowest BCUT2D eigenvalue weighted by atomic mass is 10.1. The van der Waals surface area contributed by atoms with Crippen molar-refractivity contribution in [3.8, 4) is 0 Å². The van der Waals surface area contributed by atoms with Crippen LogP contribution < -0.4 is 5.43 Å². The molecule has 0 saturated heterocycles. The van der Waals surface area contributed by atoms with Crippen molar-refractivity contribution in [3.05, 3.63) is 24.5 Å². The van der Waals surface area contributed by atoms with Crippen LogP contribution in [0.3, 0.4) is 0 Å². The molecule has 0 saturated carbocycles. The molecule has 0 aliphatic heterocycles. The number of rotatable bonds is 1. The SMILES string of the molecule is CC(C)(C)Nn1cccc1. The molecule has 0 bridgehead atoms. The molecule has 2 nitrogen and oxygen atoms in total. The molecule has 0 spiro atoms. The smallest absolute Gasteiger partial charge is 0.0448 e. The van der Waals surface area contributed by atoms with Crippen LogP contribution in [0.25, 0.3) is 0 Å². The van der Waals surface area contributed by atoms with E-state index in [-0.39, 0.29) is 5.54 Å². The molecule has 1 aromatic rings. The first-order chi connectivity index (χ1) is 4.58. The number of nitrogens with one attached hydrogen (secondary N) is 1. The molecule has 0 aromatic carbocycles. The number of hydrogen-bond acceptors (Lipinski definition) is 1. The zero-order chi connectivity index (χ0) is 7.61. The van der Waals surface area contributed by atoms with Crippen molar-refractivity contribution in [2.24, 2.45) is 0 Å². The Morgan fingerprint density at radius 2 is 1.60 bits per heavy atom. The van der Waals surface area contributed by atoms with Crippen LogP contribution >= 0.6 is 0 Å². The van der Waals surface area contributed by atoms with E-state index in [1.54, 1.807) is 0 Å². The highest BCUT2D eigenvalue weighted by Crippen LogP contribution is 2.01. The summed E-state index contributed by atoms with van der Waals surface area (Å²) in [5.74, 6) is 0. The topological polar surface area (TPSA) is 17.0 Å². The molecule has 10 heavy (non-hydrogen) atoms. The van der Waals surface area contributed by atoms with Gasteiger partial charge in [0.2, 0.25) is 0 Å². The summed E-state index contributed by atoms with van der Waals surface area (Å²) in [7, 11) is 0. The van der Waals surface area contributed by atoms with Gasteiger partial charge in [0.25, 0.3) is 0 Å². The van der Waals surface area contributed by atoms with Crippen molar-refractivity contribution in [2.45, 2.75) is 26.3 Å². The van der Waals surface area contributed by atoms with Gasteiger partial charge in [-0.15, -0.1) is 0 Å². The average molecular weight is 138 g/mol. The van der Waals surface area contributed by atoms with Crippen molar-refractivity contribution in [1.82, 2.24) is 4.68 Å². The highest BCUT2D eigenvalue weighted by molar-refractivity contribution is 4.97. The minimum atomic E-state index is 0.138. The lowest BCUT2D eigenvalue weighted by molar-refractivity contribution is 0.555. The Hall–Kier alpha value is -0.920. The van der Waals surface area contributed by atoms with E-state index in [4.69, 9.17) is 0 Å². The van der Waals surface area contributed by atoms with Gasteiger partial charge in [-0.1, -0.05) is 0 Å². The second-order valence-electron chi connectivity index (χ2n) is 3.45. The Bertz CT molecular complexity index is 182. The van der Waals surface area contributed by atoms with E-state index >= 15 is 0 Å². The predicted octanol–water partition coefficient (Wildman–Crippen LogP) is 1.83. The van der Waals surface area contributed by atoms with E-state index in [9.17, 15) is 0 Å². The highest BCUT2D eigenvalue weighted by atomic mass is 15.4. The van der Waals surface area contributed by atoms with Crippen molar-refractivity contribution in [2.75, 3.05) is 5.43 Å². The van der Waals surface area contributed by atoms with Crippen LogP contribution in [0.5, 0.6) is 0 Å². The fourth-order valence-corrected chi connectivity index (χ4v) is 0.796. The van der Waals surface area contributed by atoms with Gasteiger partial charge in [-0.2, -0.15) is 0 Å². The zero-order valence-electron chi connectivity index (χ0n) is 6.76. The highest BCUT2D eigenvalue weighted by Gasteiger charge is 2.07. The van der Waals surface area contributed by atoms with Crippen LogP contribution in [0.1, 0.15) is 20.8 Å². The second kappa shape index (κ2) is 2.37. The van der Waals surface area contributed by atoms with Gasteiger partial charge in [0, 0.05) is 17.9 Å². The molecule has 0 unspecified atom stereocenters. The Labute approximate surface area is 61.8 Å². The Balaban J connectivity index is 2.57. The minimum Gasteiger partial charge on any atom is -0.321 e. The summed E-state index contributed by atoms with van der Waals surface area (Å²) in [5, 5.41) is 0. The van der Waals surface area contributed by atoms with E-state index in [1.807, 2.05) is 29.2 Å². The standard InChI is InChI=1S/C8H14N2/c1-8(2,3)9-10-6-4-5-7-10/h4-7,9H,1-3H3. The minimum absolute atomic E-state index is 0.138. The molecule has 0 atom stereocenters. The third-order valence-electron chi connectivity index (χ3n) is 1.07. The summed E-state index contributed by atoms with van der Waals surface area (Å²) in [6.45, 7) is 6.40. The zero-order valence-corrected chi connectivity index (χ0v) is 6.76. The van der Waals surface area contributed by atoms with Crippen molar-refractivity contribution in [1.29, 1.82) is 0 Å². The molecule has 1 aromatic heterocycles. The molecule has 0 amide bonds. The maximum Gasteiger partial charge on any atom is 0.0448 e.